The van der Waals surface area contributed by atoms with E-state index in [-0.39, 0.29) is 11.9 Å². The van der Waals surface area contributed by atoms with Crippen LogP contribution in [0.25, 0.3) is 0 Å². The van der Waals surface area contributed by atoms with Gasteiger partial charge in [-0.05, 0) is 20.3 Å². The highest BCUT2D eigenvalue weighted by Gasteiger charge is 2.13. The Kier molecular flexibility index (Phi) is 4.49. The molecule has 0 radical (unpaired) electrons. The number of rotatable bonds is 6. The van der Waals surface area contributed by atoms with Crippen molar-refractivity contribution in [3.8, 4) is 0 Å². The molecule has 1 heterocycles. The molecule has 0 aliphatic heterocycles. The fourth-order valence-electron chi connectivity index (χ4n) is 1.38. The maximum Gasteiger partial charge on any atom is 0.198 e. The summed E-state index contributed by atoms with van der Waals surface area (Å²) in [5.41, 5.74) is 0. The Labute approximate surface area is 90.3 Å². The van der Waals surface area contributed by atoms with Gasteiger partial charge in [-0.3, -0.25) is 4.79 Å². The highest BCUT2D eigenvalue weighted by atomic mass is 16.5. The first-order valence-electron chi connectivity index (χ1n) is 5.26. The number of carbonyl (C=O) groups excluding carboxylic acids is 1. The largest absolute Gasteiger partial charge is 0.382 e. The summed E-state index contributed by atoms with van der Waals surface area (Å²) < 4.78 is 6.96. The van der Waals surface area contributed by atoms with Crippen LogP contribution in [0.3, 0.4) is 0 Å². The van der Waals surface area contributed by atoms with Crippen molar-refractivity contribution in [2.45, 2.75) is 39.3 Å². The lowest BCUT2D eigenvalue weighted by Crippen LogP contribution is -2.13. The van der Waals surface area contributed by atoms with E-state index in [0.717, 1.165) is 13.0 Å². The number of hydrogen-bond acceptors (Lipinski definition) is 3. The van der Waals surface area contributed by atoms with Crippen LogP contribution in [0.5, 0.6) is 0 Å². The second-order valence-corrected chi connectivity index (χ2v) is 3.55. The molecule has 0 aliphatic carbocycles. The van der Waals surface area contributed by atoms with Gasteiger partial charge >= 0.3 is 0 Å². The molecule has 1 aromatic heterocycles. The van der Waals surface area contributed by atoms with Crippen LogP contribution in [-0.2, 0) is 11.3 Å². The molecule has 1 aromatic rings. The fourth-order valence-corrected chi connectivity index (χ4v) is 1.38. The Morgan fingerprint density at radius 3 is 3.00 bits per heavy atom. The number of Topliss-reactive ketones (excluding diaryl/α,β-unsaturated/α-hetero) is 1. The van der Waals surface area contributed by atoms with Crippen LogP contribution in [0, 0.1) is 0 Å². The van der Waals surface area contributed by atoms with E-state index in [9.17, 15) is 4.79 Å². The molecule has 1 rings (SSSR count). The minimum absolute atomic E-state index is 0.0887. The van der Waals surface area contributed by atoms with E-state index in [0.29, 0.717) is 12.2 Å². The van der Waals surface area contributed by atoms with Crippen molar-refractivity contribution in [1.82, 2.24) is 9.55 Å². The normalized spacial score (nSPS) is 12.7. The van der Waals surface area contributed by atoms with Crippen molar-refractivity contribution in [3.63, 3.8) is 0 Å². The van der Waals surface area contributed by atoms with Crippen molar-refractivity contribution in [3.05, 3.63) is 18.2 Å². The third kappa shape index (κ3) is 3.16. The third-order valence-corrected chi connectivity index (χ3v) is 2.49. The summed E-state index contributed by atoms with van der Waals surface area (Å²) >= 11 is 0. The van der Waals surface area contributed by atoms with Crippen molar-refractivity contribution >= 4 is 5.78 Å². The van der Waals surface area contributed by atoms with Crippen LogP contribution < -0.4 is 0 Å². The number of aromatic nitrogens is 2. The zero-order chi connectivity index (χ0) is 11.3. The second-order valence-electron chi connectivity index (χ2n) is 3.55. The van der Waals surface area contributed by atoms with Crippen molar-refractivity contribution < 1.29 is 9.53 Å². The summed E-state index contributed by atoms with van der Waals surface area (Å²) in [6.07, 6.45) is 4.85. The number of nitrogens with zero attached hydrogens (tertiary/aromatic N) is 2. The first-order chi connectivity index (χ1) is 7.19. The Bertz CT molecular complexity index is 320. The molecule has 84 valence electrons. The summed E-state index contributed by atoms with van der Waals surface area (Å²) in [5.74, 6) is 0.645. The summed E-state index contributed by atoms with van der Waals surface area (Å²) in [6.45, 7) is 4.73. The van der Waals surface area contributed by atoms with Gasteiger partial charge in [-0.25, -0.2) is 4.98 Å². The maximum absolute atomic E-state index is 11.8. The van der Waals surface area contributed by atoms with E-state index < -0.39 is 0 Å². The first kappa shape index (κ1) is 11.9. The molecule has 15 heavy (non-hydrogen) atoms. The molecule has 0 N–H and O–H groups in total. The van der Waals surface area contributed by atoms with Crippen LogP contribution >= 0.6 is 0 Å². The van der Waals surface area contributed by atoms with Gasteiger partial charge in [-0.1, -0.05) is 0 Å². The van der Waals surface area contributed by atoms with Gasteiger partial charge in [0.1, 0.15) is 0 Å². The minimum Gasteiger partial charge on any atom is -0.382 e. The molecular formula is C11H18N2O2. The highest BCUT2D eigenvalue weighted by Crippen LogP contribution is 2.07. The lowest BCUT2D eigenvalue weighted by atomic mass is 10.1. The maximum atomic E-state index is 11.8. The number of methoxy groups -OCH3 is 1. The van der Waals surface area contributed by atoms with Gasteiger partial charge in [0.05, 0.1) is 6.10 Å². The van der Waals surface area contributed by atoms with E-state index >= 15 is 0 Å². The predicted octanol–water partition coefficient (Wildman–Crippen LogP) is 1.90. The van der Waals surface area contributed by atoms with E-state index in [1.165, 1.54) is 0 Å². The van der Waals surface area contributed by atoms with E-state index in [1.54, 1.807) is 13.3 Å². The predicted molar refractivity (Wildman–Crippen MR) is 57.9 cm³/mol. The van der Waals surface area contributed by atoms with Crippen LogP contribution in [-0.4, -0.2) is 28.5 Å². The van der Waals surface area contributed by atoms with Gasteiger partial charge in [-0.15, -0.1) is 0 Å². The Hall–Kier alpha value is -1.16. The summed E-state index contributed by atoms with van der Waals surface area (Å²) in [7, 11) is 1.65. The van der Waals surface area contributed by atoms with E-state index in [2.05, 4.69) is 4.98 Å². The zero-order valence-corrected chi connectivity index (χ0v) is 9.56. The summed E-state index contributed by atoms with van der Waals surface area (Å²) in [4.78, 5) is 15.8. The SMILES string of the molecule is CCn1ccnc1C(=O)CCC(C)OC. The molecule has 4 nitrogen and oxygen atoms in total. The molecule has 0 spiro atoms. The van der Waals surface area contributed by atoms with Crippen molar-refractivity contribution in [1.29, 1.82) is 0 Å². The molecular weight excluding hydrogens is 192 g/mol. The summed E-state index contributed by atoms with van der Waals surface area (Å²) in [5, 5.41) is 0. The molecule has 0 bridgehead atoms. The Morgan fingerprint density at radius 1 is 1.67 bits per heavy atom. The molecule has 0 amide bonds. The lowest BCUT2D eigenvalue weighted by molar-refractivity contribution is 0.0866. The average Bonchev–Trinajstić information content (AvgIpc) is 2.73. The average molecular weight is 210 g/mol. The molecule has 1 unspecified atom stereocenters. The lowest BCUT2D eigenvalue weighted by Gasteiger charge is -2.08. The molecule has 0 saturated carbocycles. The number of aryl methyl sites for hydroxylation is 1. The number of ether oxygens (including phenoxy) is 1. The second kappa shape index (κ2) is 5.66. The smallest absolute Gasteiger partial charge is 0.198 e. The van der Waals surface area contributed by atoms with Crippen LogP contribution in [0.1, 0.15) is 37.3 Å². The van der Waals surface area contributed by atoms with Gasteiger partial charge in [0.25, 0.3) is 0 Å². The standard InChI is InChI=1S/C11H18N2O2/c1-4-13-8-7-12-11(13)10(14)6-5-9(2)15-3/h7-9H,4-6H2,1-3H3. The number of carbonyl (C=O) groups is 1. The third-order valence-electron chi connectivity index (χ3n) is 2.49. The quantitative estimate of drug-likeness (QED) is 0.673. The van der Waals surface area contributed by atoms with Crippen LogP contribution in [0.4, 0.5) is 0 Å². The van der Waals surface area contributed by atoms with Gasteiger partial charge in [0, 0.05) is 32.5 Å². The Balaban J connectivity index is 2.54. The molecule has 4 heteroatoms. The minimum atomic E-state index is 0.0887. The monoisotopic (exact) mass is 210 g/mol. The molecule has 0 saturated heterocycles. The van der Waals surface area contributed by atoms with Gasteiger partial charge < -0.3 is 9.30 Å². The molecule has 1 atom stereocenters. The topological polar surface area (TPSA) is 44.1 Å². The van der Waals surface area contributed by atoms with Crippen molar-refractivity contribution in [2.24, 2.45) is 0 Å². The van der Waals surface area contributed by atoms with Gasteiger partial charge in [0.2, 0.25) is 0 Å². The molecule has 0 aliphatic rings. The molecule has 0 fully saturated rings. The fraction of sp³-hybridized carbons (Fsp3) is 0.636. The Morgan fingerprint density at radius 2 is 2.40 bits per heavy atom. The number of hydrogen-bond donors (Lipinski definition) is 0. The van der Waals surface area contributed by atoms with Crippen LogP contribution in [0.15, 0.2) is 12.4 Å². The zero-order valence-electron chi connectivity index (χ0n) is 9.56. The summed E-state index contributed by atoms with van der Waals surface area (Å²) in [6, 6.07) is 0. The van der Waals surface area contributed by atoms with E-state index in [4.69, 9.17) is 4.74 Å². The van der Waals surface area contributed by atoms with Gasteiger partial charge in [-0.2, -0.15) is 0 Å². The van der Waals surface area contributed by atoms with Crippen LogP contribution in [0.2, 0.25) is 0 Å². The number of ketones is 1. The van der Waals surface area contributed by atoms with Gasteiger partial charge in [0.15, 0.2) is 11.6 Å². The highest BCUT2D eigenvalue weighted by molar-refractivity contribution is 5.92. The van der Waals surface area contributed by atoms with E-state index in [1.807, 2.05) is 24.6 Å². The number of imidazole rings is 1. The first-order valence-corrected chi connectivity index (χ1v) is 5.26. The molecule has 0 aromatic carbocycles. The van der Waals surface area contributed by atoms with Crippen molar-refractivity contribution in [2.75, 3.05) is 7.11 Å².